The minimum absolute atomic E-state index is 0.156. The van der Waals surface area contributed by atoms with Crippen LogP contribution in [0.4, 0.5) is 5.82 Å². The van der Waals surface area contributed by atoms with Gasteiger partial charge in [-0.05, 0) is 12.1 Å². The first-order chi connectivity index (χ1) is 8.27. The van der Waals surface area contributed by atoms with Gasteiger partial charge >= 0.3 is 0 Å². The Morgan fingerprint density at radius 3 is 2.76 bits per heavy atom. The Morgan fingerprint density at radius 1 is 1.24 bits per heavy atom. The zero-order chi connectivity index (χ0) is 12.1. The highest BCUT2D eigenvalue weighted by atomic mass is 35.5. The zero-order valence-corrected chi connectivity index (χ0v) is 9.46. The molecule has 0 aliphatic heterocycles. The first kappa shape index (κ1) is 11.3. The second-order valence-electron chi connectivity index (χ2n) is 3.12. The summed E-state index contributed by atoms with van der Waals surface area (Å²) in [5.41, 5.74) is 3.24. The maximum Gasteiger partial charge on any atom is 0.184 e. The molecule has 0 amide bonds. The molecule has 6 heteroatoms. The fraction of sp³-hybridized carbons (Fsp3) is 0. The lowest BCUT2D eigenvalue weighted by Crippen LogP contribution is -1.95. The maximum atomic E-state index is 9.49. The Labute approximate surface area is 103 Å². The number of aromatic nitrogens is 2. The average molecular weight is 249 g/mol. The summed E-state index contributed by atoms with van der Waals surface area (Å²) >= 11 is 5.78. The van der Waals surface area contributed by atoms with E-state index in [4.69, 9.17) is 11.6 Å². The van der Waals surface area contributed by atoms with Crippen molar-refractivity contribution in [3.63, 3.8) is 0 Å². The monoisotopic (exact) mass is 248 g/mol. The van der Waals surface area contributed by atoms with Crippen molar-refractivity contribution in [2.24, 2.45) is 5.10 Å². The van der Waals surface area contributed by atoms with Crippen LogP contribution in [0.1, 0.15) is 5.56 Å². The molecule has 0 bridgehead atoms. The number of phenolic OH excluding ortho intramolecular Hbond substituents is 1. The van der Waals surface area contributed by atoms with E-state index < -0.39 is 0 Å². The molecule has 0 radical (unpaired) electrons. The summed E-state index contributed by atoms with van der Waals surface area (Å²) in [7, 11) is 0. The standard InChI is InChI=1S/C11H9ClN4O/c12-10-11(14-6-5-13-10)16-15-7-8-3-1-2-4-9(8)17/h1-7,17H,(H,14,16). The van der Waals surface area contributed by atoms with E-state index in [0.29, 0.717) is 11.4 Å². The lowest BCUT2D eigenvalue weighted by molar-refractivity contribution is 0.474. The van der Waals surface area contributed by atoms with E-state index in [1.54, 1.807) is 24.3 Å². The third-order valence-corrected chi connectivity index (χ3v) is 2.24. The predicted molar refractivity (Wildman–Crippen MR) is 66.4 cm³/mol. The number of nitrogens with one attached hydrogen (secondary N) is 1. The molecule has 2 rings (SSSR count). The summed E-state index contributed by atoms with van der Waals surface area (Å²) in [6.45, 7) is 0. The number of anilines is 1. The topological polar surface area (TPSA) is 70.4 Å². The van der Waals surface area contributed by atoms with Crippen LogP contribution < -0.4 is 5.43 Å². The molecule has 5 nitrogen and oxygen atoms in total. The van der Waals surface area contributed by atoms with E-state index in [2.05, 4.69) is 20.5 Å². The molecule has 0 fully saturated rings. The Kier molecular flexibility index (Phi) is 3.52. The number of aromatic hydroxyl groups is 1. The van der Waals surface area contributed by atoms with Gasteiger partial charge in [0.25, 0.3) is 0 Å². The van der Waals surface area contributed by atoms with Gasteiger partial charge in [0.1, 0.15) is 5.75 Å². The van der Waals surface area contributed by atoms with E-state index in [0.717, 1.165) is 0 Å². The number of halogens is 1. The fourth-order valence-electron chi connectivity index (χ4n) is 1.16. The van der Waals surface area contributed by atoms with Crippen LogP contribution in [-0.2, 0) is 0 Å². The minimum Gasteiger partial charge on any atom is -0.507 e. The summed E-state index contributed by atoms with van der Waals surface area (Å²) in [5, 5.41) is 13.6. The van der Waals surface area contributed by atoms with Gasteiger partial charge in [0.05, 0.1) is 6.21 Å². The highest BCUT2D eigenvalue weighted by molar-refractivity contribution is 6.31. The highest BCUT2D eigenvalue weighted by Crippen LogP contribution is 2.15. The van der Waals surface area contributed by atoms with Crippen molar-refractivity contribution >= 4 is 23.6 Å². The molecular formula is C11H9ClN4O. The number of hydrogen-bond donors (Lipinski definition) is 2. The molecule has 86 valence electrons. The van der Waals surface area contributed by atoms with Gasteiger partial charge in [0, 0.05) is 18.0 Å². The van der Waals surface area contributed by atoms with Gasteiger partial charge in [-0.15, -0.1) is 0 Å². The van der Waals surface area contributed by atoms with E-state index in [-0.39, 0.29) is 10.9 Å². The number of hydrogen-bond acceptors (Lipinski definition) is 5. The Balaban J connectivity index is 2.09. The number of benzene rings is 1. The third-order valence-electron chi connectivity index (χ3n) is 1.96. The quantitative estimate of drug-likeness (QED) is 0.646. The molecule has 1 aromatic carbocycles. The molecular weight excluding hydrogens is 240 g/mol. The molecule has 0 aliphatic carbocycles. The van der Waals surface area contributed by atoms with E-state index in [1.807, 2.05) is 0 Å². The van der Waals surface area contributed by atoms with Crippen molar-refractivity contribution in [3.05, 3.63) is 47.4 Å². The van der Waals surface area contributed by atoms with Crippen LogP contribution in [-0.4, -0.2) is 21.3 Å². The second-order valence-corrected chi connectivity index (χ2v) is 3.48. The minimum atomic E-state index is 0.156. The lowest BCUT2D eigenvalue weighted by Gasteiger charge is -2.00. The van der Waals surface area contributed by atoms with Crippen LogP contribution in [0.3, 0.4) is 0 Å². The summed E-state index contributed by atoms with van der Waals surface area (Å²) < 4.78 is 0. The van der Waals surface area contributed by atoms with Gasteiger partial charge < -0.3 is 5.11 Å². The number of rotatable bonds is 3. The fourth-order valence-corrected chi connectivity index (χ4v) is 1.30. The molecule has 2 aromatic rings. The van der Waals surface area contributed by atoms with Crippen LogP contribution in [0.5, 0.6) is 5.75 Å². The highest BCUT2D eigenvalue weighted by Gasteiger charge is 1.99. The van der Waals surface area contributed by atoms with E-state index in [1.165, 1.54) is 18.6 Å². The number of hydrazone groups is 1. The first-order valence-electron chi connectivity index (χ1n) is 4.81. The van der Waals surface area contributed by atoms with E-state index >= 15 is 0 Å². The molecule has 0 atom stereocenters. The van der Waals surface area contributed by atoms with Crippen molar-refractivity contribution in [1.29, 1.82) is 0 Å². The molecule has 0 spiro atoms. The van der Waals surface area contributed by atoms with Gasteiger partial charge in [-0.3, -0.25) is 5.43 Å². The van der Waals surface area contributed by atoms with Crippen LogP contribution in [0.15, 0.2) is 41.8 Å². The number of phenols is 1. The molecule has 2 N–H and O–H groups in total. The summed E-state index contributed by atoms with van der Waals surface area (Å²) in [6, 6.07) is 6.85. The Morgan fingerprint density at radius 2 is 2.00 bits per heavy atom. The molecule has 0 saturated heterocycles. The van der Waals surface area contributed by atoms with Crippen molar-refractivity contribution in [2.45, 2.75) is 0 Å². The van der Waals surface area contributed by atoms with Crippen molar-refractivity contribution in [2.75, 3.05) is 5.43 Å². The normalized spacial score (nSPS) is 10.6. The zero-order valence-electron chi connectivity index (χ0n) is 8.71. The molecule has 0 unspecified atom stereocenters. The van der Waals surface area contributed by atoms with Crippen molar-refractivity contribution < 1.29 is 5.11 Å². The van der Waals surface area contributed by atoms with Gasteiger partial charge in [0.15, 0.2) is 11.0 Å². The number of para-hydroxylation sites is 1. The summed E-state index contributed by atoms with van der Waals surface area (Å²) in [6.07, 6.45) is 4.46. The molecule has 0 saturated carbocycles. The average Bonchev–Trinajstić information content (AvgIpc) is 2.34. The van der Waals surface area contributed by atoms with Gasteiger partial charge in [-0.1, -0.05) is 23.7 Å². The lowest BCUT2D eigenvalue weighted by atomic mass is 10.2. The summed E-state index contributed by atoms with van der Waals surface area (Å²) in [4.78, 5) is 7.79. The predicted octanol–water partition coefficient (Wildman–Crippen LogP) is 2.28. The van der Waals surface area contributed by atoms with Crippen LogP contribution >= 0.6 is 11.6 Å². The van der Waals surface area contributed by atoms with Gasteiger partial charge in [0.2, 0.25) is 0 Å². The van der Waals surface area contributed by atoms with Gasteiger partial charge in [-0.2, -0.15) is 5.10 Å². The third kappa shape index (κ3) is 2.92. The Hall–Kier alpha value is -2.14. The van der Waals surface area contributed by atoms with Crippen molar-refractivity contribution in [3.8, 4) is 5.75 Å². The Bertz CT molecular complexity index is 544. The van der Waals surface area contributed by atoms with E-state index in [9.17, 15) is 5.11 Å². The maximum absolute atomic E-state index is 9.49. The largest absolute Gasteiger partial charge is 0.507 e. The number of nitrogens with zero attached hydrogens (tertiary/aromatic N) is 3. The van der Waals surface area contributed by atoms with Crippen LogP contribution in [0.2, 0.25) is 5.15 Å². The molecule has 17 heavy (non-hydrogen) atoms. The smallest absolute Gasteiger partial charge is 0.184 e. The van der Waals surface area contributed by atoms with Crippen LogP contribution in [0.25, 0.3) is 0 Å². The van der Waals surface area contributed by atoms with Gasteiger partial charge in [-0.25, -0.2) is 9.97 Å². The molecule has 1 aromatic heterocycles. The first-order valence-corrected chi connectivity index (χ1v) is 5.19. The van der Waals surface area contributed by atoms with Crippen molar-refractivity contribution in [1.82, 2.24) is 9.97 Å². The molecule has 1 heterocycles. The summed E-state index contributed by atoms with van der Waals surface area (Å²) in [5.74, 6) is 0.518. The van der Waals surface area contributed by atoms with Crippen LogP contribution in [0, 0.1) is 0 Å². The molecule has 0 aliphatic rings. The second kappa shape index (κ2) is 5.27. The SMILES string of the molecule is Oc1ccccc1C=NNc1nccnc1Cl.